The van der Waals surface area contributed by atoms with Crippen molar-refractivity contribution in [2.24, 2.45) is 11.7 Å². The molecule has 0 aliphatic heterocycles. The van der Waals surface area contributed by atoms with Crippen LogP contribution in [0.4, 0.5) is 0 Å². The molecule has 0 aliphatic carbocycles. The van der Waals surface area contributed by atoms with Gasteiger partial charge in [-0.1, -0.05) is 32.4 Å². The Kier molecular flexibility index (Phi) is 13.5. The third kappa shape index (κ3) is 11.1. The Balaban J connectivity index is 3.02. The summed E-state index contributed by atoms with van der Waals surface area (Å²) in [7, 11) is 0. The Morgan fingerprint density at radius 3 is 2.05 bits per heavy atom. The molecule has 1 rings (SSSR count). The average molecular weight is 541 g/mol. The van der Waals surface area contributed by atoms with E-state index in [1.165, 1.54) is 23.9 Å². The van der Waals surface area contributed by atoms with E-state index in [1.807, 2.05) is 6.26 Å². The van der Waals surface area contributed by atoms with Crippen LogP contribution in [0.1, 0.15) is 38.7 Å². The first-order valence-corrected chi connectivity index (χ1v) is 13.2. The highest BCUT2D eigenvalue weighted by Crippen LogP contribution is 2.13. The SMILES string of the molecule is CCC(C)C(NC(=O)C(N)CC(=O)O)C(=O)NC(CCSC)C(=O)NC(Cc1ccc(O)cc1)C(=O)O. The molecule has 3 amide bonds. The molecular weight excluding hydrogens is 504 g/mol. The van der Waals surface area contributed by atoms with E-state index in [0.717, 1.165) is 0 Å². The first kappa shape index (κ1) is 31.7. The number of amides is 3. The lowest BCUT2D eigenvalue weighted by molar-refractivity contribution is -0.142. The van der Waals surface area contributed by atoms with E-state index in [9.17, 15) is 34.2 Å². The number of thioether (sulfide) groups is 1. The van der Waals surface area contributed by atoms with Crippen molar-refractivity contribution in [3.8, 4) is 5.75 Å². The number of phenolic OH excluding ortho intramolecular Hbond substituents is 1. The molecule has 8 N–H and O–H groups in total. The molecule has 1 aromatic carbocycles. The summed E-state index contributed by atoms with van der Waals surface area (Å²) in [5.74, 6) is -4.58. The fraction of sp³-hybridized carbons (Fsp3) is 0.542. The van der Waals surface area contributed by atoms with Crippen LogP contribution in [-0.2, 0) is 30.4 Å². The van der Waals surface area contributed by atoms with E-state index in [4.69, 9.17) is 10.8 Å². The van der Waals surface area contributed by atoms with Crippen LogP contribution in [0.3, 0.4) is 0 Å². The summed E-state index contributed by atoms with van der Waals surface area (Å²) in [6.07, 6.45) is 1.84. The predicted molar refractivity (Wildman–Crippen MR) is 138 cm³/mol. The Morgan fingerprint density at radius 1 is 0.946 bits per heavy atom. The van der Waals surface area contributed by atoms with Crippen molar-refractivity contribution in [1.29, 1.82) is 0 Å². The number of hydrogen-bond donors (Lipinski definition) is 7. The number of phenols is 1. The summed E-state index contributed by atoms with van der Waals surface area (Å²) in [6, 6.07) is 1.07. The first-order valence-electron chi connectivity index (χ1n) is 11.8. The van der Waals surface area contributed by atoms with Crippen LogP contribution in [0.5, 0.6) is 5.75 Å². The van der Waals surface area contributed by atoms with Gasteiger partial charge < -0.3 is 37.0 Å². The summed E-state index contributed by atoms with van der Waals surface area (Å²) in [4.78, 5) is 61.2. The predicted octanol–water partition coefficient (Wildman–Crippen LogP) is 0.0749. The molecule has 0 bridgehead atoms. The lowest BCUT2D eigenvalue weighted by Crippen LogP contribution is -2.59. The fourth-order valence-corrected chi connectivity index (χ4v) is 3.82. The van der Waals surface area contributed by atoms with Gasteiger partial charge in [-0.05, 0) is 42.0 Å². The molecule has 12 nitrogen and oxygen atoms in total. The van der Waals surface area contributed by atoms with Crippen molar-refractivity contribution in [2.75, 3.05) is 12.0 Å². The van der Waals surface area contributed by atoms with Crippen molar-refractivity contribution >= 4 is 41.4 Å². The summed E-state index contributed by atoms with van der Waals surface area (Å²) in [6.45, 7) is 3.51. The van der Waals surface area contributed by atoms with E-state index in [0.29, 0.717) is 17.7 Å². The molecule has 1 aromatic rings. The van der Waals surface area contributed by atoms with Gasteiger partial charge in [0.25, 0.3) is 0 Å². The lowest BCUT2D eigenvalue weighted by Gasteiger charge is -2.28. The Hall–Kier alpha value is -3.32. The van der Waals surface area contributed by atoms with E-state index < -0.39 is 60.2 Å². The largest absolute Gasteiger partial charge is 0.508 e. The first-order chi connectivity index (χ1) is 17.4. The van der Waals surface area contributed by atoms with Gasteiger partial charge in [-0.15, -0.1) is 0 Å². The zero-order valence-corrected chi connectivity index (χ0v) is 21.9. The second kappa shape index (κ2) is 15.7. The van der Waals surface area contributed by atoms with E-state index in [1.54, 1.807) is 26.0 Å². The van der Waals surface area contributed by atoms with Crippen LogP contribution < -0.4 is 21.7 Å². The number of nitrogens with one attached hydrogen (secondary N) is 3. The van der Waals surface area contributed by atoms with Crippen molar-refractivity contribution in [3.05, 3.63) is 29.8 Å². The third-order valence-electron chi connectivity index (χ3n) is 5.76. The molecule has 5 atom stereocenters. The molecule has 206 valence electrons. The van der Waals surface area contributed by atoms with Gasteiger partial charge in [0, 0.05) is 6.42 Å². The van der Waals surface area contributed by atoms with Crippen LogP contribution in [-0.4, -0.2) is 81.2 Å². The summed E-state index contributed by atoms with van der Waals surface area (Å²) in [5.41, 5.74) is 6.19. The summed E-state index contributed by atoms with van der Waals surface area (Å²) in [5, 5.41) is 35.5. The molecule has 37 heavy (non-hydrogen) atoms. The quantitative estimate of drug-likeness (QED) is 0.150. The maximum absolute atomic E-state index is 13.1. The van der Waals surface area contributed by atoms with Crippen LogP contribution in [0.15, 0.2) is 24.3 Å². The van der Waals surface area contributed by atoms with E-state index in [-0.39, 0.29) is 24.5 Å². The van der Waals surface area contributed by atoms with Gasteiger partial charge in [0.05, 0.1) is 12.5 Å². The molecular formula is C24H36N4O8S. The van der Waals surface area contributed by atoms with Gasteiger partial charge in [-0.25, -0.2) is 4.79 Å². The van der Waals surface area contributed by atoms with Crippen molar-refractivity contribution in [3.63, 3.8) is 0 Å². The number of hydrogen-bond acceptors (Lipinski definition) is 8. The highest BCUT2D eigenvalue weighted by atomic mass is 32.2. The van der Waals surface area contributed by atoms with Gasteiger partial charge in [0.2, 0.25) is 17.7 Å². The van der Waals surface area contributed by atoms with E-state index in [2.05, 4.69) is 16.0 Å². The minimum atomic E-state index is -1.36. The van der Waals surface area contributed by atoms with Gasteiger partial charge in [0.15, 0.2) is 0 Å². The standard InChI is InChI=1S/C24H36N4O8S/c1-4-13(2)20(28-21(32)16(25)12-19(30)31)23(34)26-17(9-10-37-3)22(33)27-18(24(35)36)11-14-5-7-15(29)8-6-14/h5-8,13,16-18,20,29H,4,9-12,25H2,1-3H3,(H,26,34)(H,27,33)(H,28,32)(H,30,31)(H,35,36). The zero-order chi connectivity index (χ0) is 28.1. The number of aliphatic carboxylic acids is 2. The maximum Gasteiger partial charge on any atom is 0.326 e. The van der Waals surface area contributed by atoms with Crippen LogP contribution in [0.2, 0.25) is 0 Å². The normalized spacial score (nSPS) is 14.9. The average Bonchev–Trinajstić information content (AvgIpc) is 2.84. The molecule has 5 unspecified atom stereocenters. The number of benzene rings is 1. The second-order valence-electron chi connectivity index (χ2n) is 8.69. The monoisotopic (exact) mass is 540 g/mol. The molecule has 0 aromatic heterocycles. The molecule has 0 aliphatic rings. The number of nitrogens with two attached hydrogens (primary N) is 1. The minimum absolute atomic E-state index is 0.0198. The molecule has 0 saturated heterocycles. The van der Waals surface area contributed by atoms with Crippen molar-refractivity contribution in [2.45, 2.75) is 63.7 Å². The molecule has 0 spiro atoms. The summed E-state index contributed by atoms with van der Waals surface area (Å²) < 4.78 is 0. The molecule has 0 saturated carbocycles. The maximum atomic E-state index is 13.1. The topological polar surface area (TPSA) is 208 Å². The van der Waals surface area contributed by atoms with Crippen molar-refractivity contribution in [1.82, 2.24) is 16.0 Å². The highest BCUT2D eigenvalue weighted by Gasteiger charge is 2.32. The molecule has 0 radical (unpaired) electrons. The number of carbonyl (C=O) groups excluding carboxylic acids is 3. The van der Waals surface area contributed by atoms with Crippen LogP contribution in [0, 0.1) is 5.92 Å². The van der Waals surface area contributed by atoms with Gasteiger partial charge >= 0.3 is 11.9 Å². The Labute approximate surface area is 219 Å². The fourth-order valence-electron chi connectivity index (χ4n) is 3.35. The summed E-state index contributed by atoms with van der Waals surface area (Å²) >= 11 is 1.43. The third-order valence-corrected chi connectivity index (χ3v) is 6.40. The number of carboxylic acids is 2. The van der Waals surface area contributed by atoms with Gasteiger partial charge in [0.1, 0.15) is 23.9 Å². The zero-order valence-electron chi connectivity index (χ0n) is 21.1. The van der Waals surface area contributed by atoms with Crippen molar-refractivity contribution < 1.29 is 39.3 Å². The Morgan fingerprint density at radius 2 is 1.54 bits per heavy atom. The Bertz CT molecular complexity index is 943. The van der Waals surface area contributed by atoms with E-state index >= 15 is 0 Å². The van der Waals surface area contributed by atoms with Gasteiger partial charge in [-0.2, -0.15) is 11.8 Å². The van der Waals surface area contributed by atoms with Crippen LogP contribution >= 0.6 is 11.8 Å². The smallest absolute Gasteiger partial charge is 0.326 e. The highest BCUT2D eigenvalue weighted by molar-refractivity contribution is 7.98. The van der Waals surface area contributed by atoms with Gasteiger partial charge in [-0.3, -0.25) is 19.2 Å². The number of carboxylic acid groups (broad SMARTS) is 2. The number of aromatic hydroxyl groups is 1. The molecule has 0 fully saturated rings. The van der Waals surface area contributed by atoms with Crippen LogP contribution in [0.25, 0.3) is 0 Å². The lowest BCUT2D eigenvalue weighted by atomic mass is 9.97. The molecule has 0 heterocycles. The number of rotatable bonds is 16. The number of carbonyl (C=O) groups is 5. The second-order valence-corrected chi connectivity index (χ2v) is 9.67. The molecule has 13 heteroatoms. The minimum Gasteiger partial charge on any atom is -0.508 e.